The van der Waals surface area contributed by atoms with Crippen LogP contribution in [0.2, 0.25) is 0 Å². The van der Waals surface area contributed by atoms with Crippen LogP contribution in [-0.4, -0.2) is 10.1 Å². The third-order valence-electron chi connectivity index (χ3n) is 2.06. The molecule has 0 amide bonds. The molecule has 1 N–H and O–H groups in total. The second-order valence-corrected chi connectivity index (χ2v) is 6.63. The van der Waals surface area contributed by atoms with Crippen LogP contribution in [0.15, 0.2) is 21.4 Å². The summed E-state index contributed by atoms with van der Waals surface area (Å²) in [7, 11) is 0. The summed E-state index contributed by atoms with van der Waals surface area (Å²) < 4.78 is 1.09. The average Bonchev–Trinajstić information content (AvgIpc) is 2.78. The van der Waals surface area contributed by atoms with Crippen molar-refractivity contribution in [2.45, 2.75) is 19.4 Å². The van der Waals surface area contributed by atoms with Crippen molar-refractivity contribution in [3.05, 3.63) is 36.9 Å². The van der Waals surface area contributed by atoms with Crippen molar-refractivity contribution in [2.24, 2.45) is 0 Å². The zero-order valence-corrected chi connectivity index (χ0v) is 11.3. The first kappa shape index (κ1) is 11.3. The number of aliphatic hydroxyl groups is 1. The average molecular weight is 304 g/mol. The van der Waals surface area contributed by atoms with Crippen LogP contribution in [0.25, 0.3) is 0 Å². The molecule has 80 valence electrons. The van der Waals surface area contributed by atoms with Crippen LogP contribution in [0.1, 0.15) is 21.6 Å². The molecule has 0 spiro atoms. The van der Waals surface area contributed by atoms with Crippen molar-refractivity contribution < 1.29 is 5.11 Å². The Bertz CT molecular complexity index is 419. The van der Waals surface area contributed by atoms with E-state index >= 15 is 0 Å². The van der Waals surface area contributed by atoms with Crippen molar-refractivity contribution in [3.8, 4) is 0 Å². The van der Waals surface area contributed by atoms with Gasteiger partial charge in [-0.2, -0.15) is 0 Å². The third kappa shape index (κ3) is 2.66. The number of aliphatic hydroxyl groups excluding tert-OH is 1. The normalized spacial score (nSPS) is 13.0. The smallest absolute Gasteiger partial charge is 0.0954 e. The first-order valence-electron chi connectivity index (χ1n) is 4.49. The van der Waals surface area contributed by atoms with Gasteiger partial charge in [0, 0.05) is 22.9 Å². The number of thiophene rings is 1. The van der Waals surface area contributed by atoms with Gasteiger partial charge in [-0.15, -0.1) is 22.7 Å². The Labute approximate surface area is 105 Å². The molecule has 0 bridgehead atoms. The van der Waals surface area contributed by atoms with Gasteiger partial charge in [-0.1, -0.05) is 0 Å². The lowest BCUT2D eigenvalue weighted by Crippen LogP contribution is -1.98. The van der Waals surface area contributed by atoms with E-state index in [4.69, 9.17) is 0 Å². The molecule has 2 heterocycles. The minimum atomic E-state index is -0.439. The lowest BCUT2D eigenvalue weighted by atomic mass is 10.2. The van der Waals surface area contributed by atoms with Gasteiger partial charge in [-0.25, -0.2) is 4.98 Å². The number of thiazole rings is 1. The van der Waals surface area contributed by atoms with E-state index in [-0.39, 0.29) is 0 Å². The summed E-state index contributed by atoms with van der Waals surface area (Å²) in [6.45, 7) is 2.03. The number of hydrogen-bond acceptors (Lipinski definition) is 4. The van der Waals surface area contributed by atoms with Crippen LogP contribution in [0.5, 0.6) is 0 Å². The molecule has 2 rings (SSSR count). The van der Waals surface area contributed by atoms with Crippen molar-refractivity contribution >= 4 is 38.6 Å². The fraction of sp³-hybridized carbons (Fsp3) is 0.300. The number of aromatic nitrogens is 1. The number of nitrogens with zero attached hydrogens (tertiary/aromatic N) is 1. The summed E-state index contributed by atoms with van der Waals surface area (Å²) in [5, 5.41) is 12.9. The Hall–Kier alpha value is -0.230. The van der Waals surface area contributed by atoms with Crippen molar-refractivity contribution in [3.63, 3.8) is 0 Å². The predicted molar refractivity (Wildman–Crippen MR) is 67.5 cm³/mol. The number of aryl methyl sites for hydroxylation is 1. The van der Waals surface area contributed by atoms with Crippen molar-refractivity contribution in [1.29, 1.82) is 0 Å². The summed E-state index contributed by atoms with van der Waals surface area (Å²) >= 11 is 6.62. The monoisotopic (exact) mass is 303 g/mol. The maximum absolute atomic E-state index is 9.99. The van der Waals surface area contributed by atoms with E-state index in [1.165, 1.54) is 5.56 Å². The predicted octanol–water partition coefficient (Wildman–Crippen LogP) is 3.55. The maximum atomic E-state index is 9.99. The third-order valence-corrected chi connectivity index (χ3v) is 5.10. The molecule has 2 aromatic rings. The van der Waals surface area contributed by atoms with Crippen LogP contribution in [0, 0.1) is 6.92 Å². The molecule has 0 aliphatic heterocycles. The summed E-state index contributed by atoms with van der Waals surface area (Å²) in [4.78, 5) is 5.16. The second kappa shape index (κ2) is 4.74. The molecule has 2 nitrogen and oxygen atoms in total. The molecule has 15 heavy (non-hydrogen) atoms. The highest BCUT2D eigenvalue weighted by molar-refractivity contribution is 9.11. The molecule has 0 fully saturated rings. The van der Waals surface area contributed by atoms with Gasteiger partial charge >= 0.3 is 0 Å². The minimum Gasteiger partial charge on any atom is -0.387 e. The topological polar surface area (TPSA) is 33.1 Å². The number of rotatable bonds is 3. The standard InChI is InChI=1S/C10H10BrNOS2/c1-6-4-8(15-10(6)11)7(13)5-9-12-2-3-14-9/h2-4,7,13H,5H2,1H3. The van der Waals surface area contributed by atoms with Crippen LogP contribution >= 0.6 is 38.6 Å². The first-order valence-corrected chi connectivity index (χ1v) is 6.98. The van der Waals surface area contributed by atoms with Gasteiger partial charge in [0.05, 0.1) is 14.9 Å². The molecule has 0 saturated heterocycles. The molecular weight excluding hydrogens is 294 g/mol. The lowest BCUT2D eigenvalue weighted by Gasteiger charge is -2.04. The number of hydrogen-bond donors (Lipinski definition) is 1. The molecule has 0 aromatic carbocycles. The molecule has 0 radical (unpaired) electrons. The Kier molecular flexibility index (Phi) is 3.56. The van der Waals surface area contributed by atoms with E-state index in [2.05, 4.69) is 20.9 Å². The van der Waals surface area contributed by atoms with E-state index in [9.17, 15) is 5.11 Å². The highest BCUT2D eigenvalue weighted by Crippen LogP contribution is 2.32. The Morgan fingerprint density at radius 3 is 2.93 bits per heavy atom. The van der Waals surface area contributed by atoms with Gasteiger partial charge in [-0.3, -0.25) is 0 Å². The highest BCUT2D eigenvalue weighted by atomic mass is 79.9. The molecule has 0 aliphatic rings. The fourth-order valence-corrected chi connectivity index (χ4v) is 3.48. The van der Waals surface area contributed by atoms with Gasteiger partial charge < -0.3 is 5.11 Å². The quantitative estimate of drug-likeness (QED) is 0.940. The minimum absolute atomic E-state index is 0.439. The van der Waals surface area contributed by atoms with Gasteiger partial charge in [0.25, 0.3) is 0 Å². The SMILES string of the molecule is Cc1cc(C(O)Cc2nccs2)sc1Br. The van der Waals surface area contributed by atoms with Crippen molar-refractivity contribution in [2.75, 3.05) is 0 Å². The van der Waals surface area contributed by atoms with E-state index in [1.807, 2.05) is 18.4 Å². The first-order chi connectivity index (χ1) is 7.16. The van der Waals surface area contributed by atoms with E-state index in [1.54, 1.807) is 28.9 Å². The molecule has 0 saturated carbocycles. The zero-order chi connectivity index (χ0) is 10.8. The molecule has 5 heteroatoms. The molecule has 1 atom stereocenters. The summed E-state index contributed by atoms with van der Waals surface area (Å²) in [5.41, 5.74) is 1.17. The summed E-state index contributed by atoms with van der Waals surface area (Å²) in [6.07, 6.45) is 1.93. The van der Waals surface area contributed by atoms with Crippen LogP contribution in [0.4, 0.5) is 0 Å². The van der Waals surface area contributed by atoms with Crippen molar-refractivity contribution in [1.82, 2.24) is 4.98 Å². The Morgan fingerprint density at radius 2 is 2.40 bits per heavy atom. The molecule has 2 aromatic heterocycles. The summed E-state index contributed by atoms with van der Waals surface area (Å²) in [6, 6.07) is 2.02. The fourth-order valence-electron chi connectivity index (χ4n) is 1.27. The molecule has 1 unspecified atom stereocenters. The van der Waals surface area contributed by atoms with Crippen LogP contribution < -0.4 is 0 Å². The molecule has 0 aliphatic carbocycles. The lowest BCUT2D eigenvalue weighted by molar-refractivity contribution is 0.182. The van der Waals surface area contributed by atoms with Gasteiger partial charge in [0.15, 0.2) is 0 Å². The van der Waals surface area contributed by atoms with Gasteiger partial charge in [-0.05, 0) is 34.5 Å². The van der Waals surface area contributed by atoms with E-state index < -0.39 is 6.10 Å². The maximum Gasteiger partial charge on any atom is 0.0954 e. The largest absolute Gasteiger partial charge is 0.387 e. The second-order valence-electron chi connectivity index (χ2n) is 3.25. The Balaban J connectivity index is 2.11. The van der Waals surface area contributed by atoms with E-state index in [0.717, 1.165) is 13.7 Å². The van der Waals surface area contributed by atoms with Gasteiger partial charge in [0.1, 0.15) is 0 Å². The van der Waals surface area contributed by atoms with Crippen LogP contribution in [0.3, 0.4) is 0 Å². The zero-order valence-electron chi connectivity index (χ0n) is 8.11. The number of halogens is 1. The van der Waals surface area contributed by atoms with E-state index in [0.29, 0.717) is 6.42 Å². The van der Waals surface area contributed by atoms with Gasteiger partial charge in [0.2, 0.25) is 0 Å². The molecular formula is C10H10BrNOS2. The highest BCUT2D eigenvalue weighted by Gasteiger charge is 2.13. The summed E-state index contributed by atoms with van der Waals surface area (Å²) in [5.74, 6) is 0. The Morgan fingerprint density at radius 1 is 1.60 bits per heavy atom. The van der Waals surface area contributed by atoms with Crippen LogP contribution in [-0.2, 0) is 6.42 Å².